The van der Waals surface area contributed by atoms with Gasteiger partial charge in [-0.15, -0.1) is 0 Å². The van der Waals surface area contributed by atoms with E-state index in [1.54, 1.807) is 4.90 Å². The smallest absolute Gasteiger partial charge is 0.242 e. The summed E-state index contributed by atoms with van der Waals surface area (Å²) in [5.74, 6) is 0.409. The second kappa shape index (κ2) is 10.2. The number of amidine groups is 1. The van der Waals surface area contributed by atoms with E-state index < -0.39 is 5.25 Å². The van der Waals surface area contributed by atoms with Gasteiger partial charge in [0.05, 0.1) is 12.3 Å². The zero-order valence-corrected chi connectivity index (χ0v) is 16.5. The van der Waals surface area contributed by atoms with Gasteiger partial charge in [0.1, 0.15) is 11.0 Å². The molecule has 0 saturated carbocycles. The number of nitrogens with one attached hydrogen (secondary N) is 1. The molecular weight excluding hydrogens is 350 g/mol. The first kappa shape index (κ1) is 20.3. The molecule has 0 spiro atoms. The van der Waals surface area contributed by atoms with Crippen molar-refractivity contribution in [2.75, 3.05) is 25.0 Å². The van der Waals surface area contributed by atoms with Crippen LogP contribution in [0.4, 0.5) is 5.69 Å². The van der Waals surface area contributed by atoms with Crippen molar-refractivity contribution in [2.45, 2.75) is 45.3 Å². The predicted molar refractivity (Wildman–Crippen MR) is 107 cm³/mol. The summed E-state index contributed by atoms with van der Waals surface area (Å²) in [5, 5.41) is 3.16. The van der Waals surface area contributed by atoms with E-state index in [-0.39, 0.29) is 18.2 Å². The van der Waals surface area contributed by atoms with Gasteiger partial charge in [-0.25, -0.2) is 0 Å². The third-order valence-electron chi connectivity index (χ3n) is 3.92. The van der Waals surface area contributed by atoms with Crippen LogP contribution in [-0.2, 0) is 9.59 Å². The lowest BCUT2D eigenvalue weighted by atomic mass is 10.2. The number of rotatable bonds is 9. The number of anilines is 1. The van der Waals surface area contributed by atoms with Gasteiger partial charge in [0.2, 0.25) is 11.8 Å². The summed E-state index contributed by atoms with van der Waals surface area (Å²) in [4.78, 5) is 30.9. The Morgan fingerprint density at radius 1 is 1.31 bits per heavy atom. The minimum Gasteiger partial charge on any atom is -0.491 e. The van der Waals surface area contributed by atoms with E-state index in [1.807, 2.05) is 38.1 Å². The summed E-state index contributed by atoms with van der Waals surface area (Å²) < 4.78 is 5.74. The molecule has 0 radical (unpaired) electrons. The zero-order valence-electron chi connectivity index (χ0n) is 15.7. The highest BCUT2D eigenvalue weighted by Gasteiger charge is 2.38. The molecule has 1 aliphatic rings. The largest absolute Gasteiger partial charge is 0.491 e. The number of unbranched alkanes of at least 4 members (excludes halogenated alkanes) is 1. The fraction of sp³-hybridized carbons (Fsp3) is 0.526. The molecule has 6 nitrogen and oxygen atoms in total. The number of ether oxygens (including phenoxy) is 1. The van der Waals surface area contributed by atoms with Gasteiger partial charge in [-0.05, 0) is 32.4 Å². The summed E-state index contributed by atoms with van der Waals surface area (Å²) in [7, 11) is 0. The Balaban J connectivity index is 1.99. The number of carbonyl (C=O) groups excluding carboxylic acids is 2. The van der Waals surface area contributed by atoms with Crippen LogP contribution in [0, 0.1) is 0 Å². The van der Waals surface area contributed by atoms with Gasteiger partial charge in [0.25, 0.3) is 0 Å². The Morgan fingerprint density at radius 3 is 2.77 bits per heavy atom. The van der Waals surface area contributed by atoms with Crippen molar-refractivity contribution in [3.63, 3.8) is 0 Å². The quantitative estimate of drug-likeness (QED) is 0.668. The lowest BCUT2D eigenvalue weighted by Gasteiger charge is -2.14. The summed E-state index contributed by atoms with van der Waals surface area (Å²) in [6, 6.07) is 7.37. The number of benzene rings is 1. The normalized spacial score (nSPS) is 18.4. The highest BCUT2D eigenvalue weighted by molar-refractivity contribution is 8.15. The number of thioether (sulfide) groups is 1. The minimum atomic E-state index is -0.423. The number of amides is 2. The molecule has 0 bridgehead atoms. The number of carbonyl (C=O) groups is 2. The van der Waals surface area contributed by atoms with Crippen LogP contribution in [-0.4, -0.2) is 46.8 Å². The van der Waals surface area contributed by atoms with Crippen molar-refractivity contribution in [3.05, 3.63) is 24.3 Å². The second-order valence-corrected chi connectivity index (χ2v) is 7.07. The van der Waals surface area contributed by atoms with E-state index in [4.69, 9.17) is 4.74 Å². The van der Waals surface area contributed by atoms with Crippen molar-refractivity contribution in [2.24, 2.45) is 4.99 Å². The molecule has 26 heavy (non-hydrogen) atoms. The first-order chi connectivity index (χ1) is 12.6. The Labute approximate surface area is 159 Å². The fourth-order valence-electron chi connectivity index (χ4n) is 2.58. The highest BCUT2D eigenvalue weighted by atomic mass is 32.2. The van der Waals surface area contributed by atoms with E-state index >= 15 is 0 Å². The standard InChI is InChI=1S/C19H27N3O3S/c1-4-7-12-25-15-11-9-8-10-14(15)21-17(23)13-16-18(24)22(6-3)19(26-16)20-5-2/h8-11,16H,4-7,12-13H2,1-3H3,(H,21,23)/t16-/m1/s1. The Bertz CT molecular complexity index is 663. The molecular formula is C19H27N3O3S. The lowest BCUT2D eigenvalue weighted by molar-refractivity contribution is -0.128. The third-order valence-corrected chi connectivity index (χ3v) is 5.13. The summed E-state index contributed by atoms with van der Waals surface area (Å²) in [6.45, 7) is 7.74. The monoisotopic (exact) mass is 377 g/mol. The molecule has 1 aromatic rings. The van der Waals surface area contributed by atoms with Crippen LogP contribution in [0.1, 0.15) is 40.0 Å². The number of aliphatic imine (C=N–C) groups is 1. The van der Waals surface area contributed by atoms with E-state index in [0.29, 0.717) is 36.3 Å². The van der Waals surface area contributed by atoms with E-state index in [1.165, 1.54) is 11.8 Å². The van der Waals surface area contributed by atoms with Crippen LogP contribution in [0.3, 0.4) is 0 Å². The van der Waals surface area contributed by atoms with Gasteiger partial charge in [-0.3, -0.25) is 19.5 Å². The van der Waals surface area contributed by atoms with E-state index in [0.717, 1.165) is 12.8 Å². The maximum Gasteiger partial charge on any atom is 0.242 e. The number of nitrogens with zero attached hydrogens (tertiary/aromatic N) is 2. The molecule has 1 N–H and O–H groups in total. The Hall–Kier alpha value is -2.02. The predicted octanol–water partition coefficient (Wildman–Crippen LogP) is 3.53. The molecule has 1 heterocycles. The number of hydrogen-bond donors (Lipinski definition) is 1. The second-order valence-electron chi connectivity index (χ2n) is 5.90. The van der Waals surface area contributed by atoms with Crippen molar-refractivity contribution < 1.29 is 14.3 Å². The van der Waals surface area contributed by atoms with Crippen LogP contribution in [0.15, 0.2) is 29.3 Å². The zero-order chi connectivity index (χ0) is 18.9. The molecule has 2 rings (SSSR count). The molecule has 142 valence electrons. The maximum absolute atomic E-state index is 12.5. The van der Waals surface area contributed by atoms with Crippen molar-refractivity contribution in [1.29, 1.82) is 0 Å². The first-order valence-corrected chi connectivity index (χ1v) is 10.0. The summed E-state index contributed by atoms with van der Waals surface area (Å²) in [5.41, 5.74) is 0.638. The molecule has 1 atom stereocenters. The molecule has 0 aromatic heterocycles. The average molecular weight is 378 g/mol. The van der Waals surface area contributed by atoms with Crippen LogP contribution >= 0.6 is 11.8 Å². The minimum absolute atomic E-state index is 0.0488. The molecule has 1 aromatic carbocycles. The maximum atomic E-state index is 12.5. The van der Waals surface area contributed by atoms with E-state index in [2.05, 4.69) is 17.2 Å². The highest BCUT2D eigenvalue weighted by Crippen LogP contribution is 2.30. The fourth-order valence-corrected chi connectivity index (χ4v) is 3.85. The molecule has 0 unspecified atom stereocenters. The average Bonchev–Trinajstić information content (AvgIpc) is 2.91. The van der Waals surface area contributed by atoms with Gasteiger partial charge in [-0.1, -0.05) is 37.2 Å². The summed E-state index contributed by atoms with van der Waals surface area (Å²) >= 11 is 1.37. The van der Waals surface area contributed by atoms with Crippen LogP contribution in [0.2, 0.25) is 0 Å². The summed E-state index contributed by atoms with van der Waals surface area (Å²) in [6.07, 6.45) is 2.12. The molecule has 1 saturated heterocycles. The van der Waals surface area contributed by atoms with Gasteiger partial charge >= 0.3 is 0 Å². The topological polar surface area (TPSA) is 71.0 Å². The van der Waals surface area contributed by atoms with Crippen molar-refractivity contribution in [3.8, 4) is 5.75 Å². The molecule has 7 heteroatoms. The Morgan fingerprint density at radius 2 is 2.08 bits per heavy atom. The van der Waals surface area contributed by atoms with Crippen molar-refractivity contribution in [1.82, 2.24) is 4.90 Å². The van der Waals surface area contributed by atoms with Crippen LogP contribution in [0.5, 0.6) is 5.75 Å². The van der Waals surface area contributed by atoms with Crippen LogP contribution < -0.4 is 10.1 Å². The van der Waals surface area contributed by atoms with Gasteiger partial charge < -0.3 is 10.1 Å². The molecule has 0 aliphatic carbocycles. The van der Waals surface area contributed by atoms with E-state index in [9.17, 15) is 9.59 Å². The van der Waals surface area contributed by atoms with Crippen LogP contribution in [0.25, 0.3) is 0 Å². The molecule has 1 aliphatic heterocycles. The Kier molecular flexibility index (Phi) is 7.97. The van der Waals surface area contributed by atoms with Gasteiger partial charge in [0.15, 0.2) is 5.17 Å². The SMILES string of the molecule is CCCCOc1ccccc1NC(=O)C[C@H]1SC(=NCC)N(CC)C1=O. The van der Waals surface area contributed by atoms with Gasteiger partial charge in [-0.2, -0.15) is 0 Å². The molecule has 2 amide bonds. The van der Waals surface area contributed by atoms with Crippen molar-refractivity contribution >= 4 is 34.4 Å². The number of para-hydroxylation sites is 2. The lowest BCUT2D eigenvalue weighted by Crippen LogP contribution is -2.33. The third kappa shape index (κ3) is 5.24. The number of hydrogen-bond acceptors (Lipinski definition) is 5. The first-order valence-electron chi connectivity index (χ1n) is 9.14. The molecule has 1 fully saturated rings. The van der Waals surface area contributed by atoms with Gasteiger partial charge in [0, 0.05) is 19.5 Å².